The monoisotopic (exact) mass is 396 g/mol. The molecule has 0 spiro atoms. The first-order valence-electron chi connectivity index (χ1n) is 9.85. The van der Waals surface area contributed by atoms with Gasteiger partial charge in [0.25, 0.3) is 5.91 Å². The van der Waals surface area contributed by atoms with Crippen LogP contribution in [0.1, 0.15) is 31.1 Å². The van der Waals surface area contributed by atoms with Gasteiger partial charge < -0.3 is 19.1 Å². The average molecular weight is 396 g/mol. The topological polar surface area (TPSA) is 71.8 Å². The molecule has 1 unspecified atom stereocenters. The smallest absolute Gasteiger partial charge is 0.254 e. The molecule has 6 heteroatoms. The number of amides is 1. The molecule has 0 aliphatic carbocycles. The van der Waals surface area contributed by atoms with E-state index in [2.05, 4.69) is 6.07 Å². The zero-order valence-electron chi connectivity index (χ0n) is 17.3. The van der Waals surface area contributed by atoms with Crippen LogP contribution < -0.4 is 14.2 Å². The Labute approximate surface area is 172 Å². The molecule has 1 amide bonds. The van der Waals surface area contributed by atoms with Crippen LogP contribution in [0.5, 0.6) is 17.2 Å². The molecule has 29 heavy (non-hydrogen) atoms. The third-order valence-electron chi connectivity index (χ3n) is 4.23. The maximum atomic E-state index is 12.8. The highest BCUT2D eigenvalue weighted by Gasteiger charge is 2.19. The number of carbonyl (C=O) groups excluding carboxylic acids is 1. The lowest BCUT2D eigenvalue weighted by molar-refractivity contribution is 0.0752. The second-order valence-electron chi connectivity index (χ2n) is 6.48. The van der Waals surface area contributed by atoms with Crippen LogP contribution in [0.2, 0.25) is 0 Å². The van der Waals surface area contributed by atoms with Gasteiger partial charge in [-0.15, -0.1) is 0 Å². The SMILES string of the molecule is CCOc1cc(C(=O)N(CC)CC(C)C#N)ccc1OCCOc1ccccc1. The Balaban J connectivity index is 2.03. The fourth-order valence-electron chi connectivity index (χ4n) is 2.77. The Bertz CT molecular complexity index is 817. The van der Waals surface area contributed by atoms with Crippen molar-refractivity contribution >= 4 is 5.91 Å². The van der Waals surface area contributed by atoms with Crippen LogP contribution in [-0.4, -0.2) is 43.7 Å². The Hall–Kier alpha value is -3.20. The van der Waals surface area contributed by atoms with Crippen molar-refractivity contribution in [1.82, 2.24) is 4.90 Å². The van der Waals surface area contributed by atoms with Crippen molar-refractivity contribution in [2.24, 2.45) is 5.92 Å². The summed E-state index contributed by atoms with van der Waals surface area (Å²) in [6.07, 6.45) is 0. The molecule has 0 saturated heterocycles. The summed E-state index contributed by atoms with van der Waals surface area (Å²) >= 11 is 0. The van der Waals surface area contributed by atoms with Gasteiger partial charge in [-0.25, -0.2) is 0 Å². The molecule has 0 heterocycles. The molecule has 6 nitrogen and oxygen atoms in total. The van der Waals surface area contributed by atoms with Gasteiger partial charge in [0, 0.05) is 18.7 Å². The lowest BCUT2D eigenvalue weighted by Gasteiger charge is -2.22. The van der Waals surface area contributed by atoms with Crippen molar-refractivity contribution in [3.63, 3.8) is 0 Å². The fourth-order valence-corrected chi connectivity index (χ4v) is 2.77. The number of nitriles is 1. The first-order valence-corrected chi connectivity index (χ1v) is 9.85. The zero-order chi connectivity index (χ0) is 21.1. The molecule has 0 radical (unpaired) electrons. The number of hydrogen-bond acceptors (Lipinski definition) is 5. The quantitative estimate of drug-likeness (QED) is 0.533. The van der Waals surface area contributed by atoms with E-state index in [1.807, 2.05) is 44.2 Å². The standard InChI is InChI=1S/C23H28N2O4/c1-4-25(17-18(3)16-24)23(26)19-11-12-21(22(15-19)27-5-2)29-14-13-28-20-9-7-6-8-10-20/h6-12,15,18H,4-5,13-14,17H2,1-3H3. The Kier molecular flexibility index (Phi) is 8.84. The van der Waals surface area contributed by atoms with E-state index in [-0.39, 0.29) is 11.8 Å². The summed E-state index contributed by atoms with van der Waals surface area (Å²) in [4.78, 5) is 14.5. The Morgan fingerprint density at radius 3 is 2.41 bits per heavy atom. The van der Waals surface area contributed by atoms with Crippen molar-refractivity contribution in [3.05, 3.63) is 54.1 Å². The second-order valence-corrected chi connectivity index (χ2v) is 6.48. The highest BCUT2D eigenvalue weighted by atomic mass is 16.5. The number of benzene rings is 2. The molecule has 1 atom stereocenters. The van der Waals surface area contributed by atoms with Gasteiger partial charge >= 0.3 is 0 Å². The van der Waals surface area contributed by atoms with E-state index >= 15 is 0 Å². The van der Waals surface area contributed by atoms with E-state index in [1.165, 1.54) is 0 Å². The van der Waals surface area contributed by atoms with Crippen LogP contribution in [0.4, 0.5) is 0 Å². The van der Waals surface area contributed by atoms with Crippen LogP contribution >= 0.6 is 0 Å². The van der Waals surface area contributed by atoms with E-state index in [1.54, 1.807) is 30.0 Å². The molecule has 0 fully saturated rings. The summed E-state index contributed by atoms with van der Waals surface area (Å²) in [5, 5.41) is 9.02. The largest absolute Gasteiger partial charge is 0.490 e. The predicted octanol–water partition coefficient (Wildman–Crippen LogP) is 4.16. The van der Waals surface area contributed by atoms with Gasteiger partial charge in [-0.3, -0.25) is 4.79 Å². The van der Waals surface area contributed by atoms with Gasteiger partial charge in [0.05, 0.1) is 18.6 Å². The lowest BCUT2D eigenvalue weighted by atomic mass is 10.1. The number of nitrogens with zero attached hydrogens (tertiary/aromatic N) is 2. The maximum absolute atomic E-state index is 12.8. The summed E-state index contributed by atoms with van der Waals surface area (Å²) in [5.74, 6) is 1.51. The van der Waals surface area contributed by atoms with E-state index in [0.29, 0.717) is 50.0 Å². The predicted molar refractivity (Wildman–Crippen MR) is 111 cm³/mol. The fraction of sp³-hybridized carbons (Fsp3) is 0.391. The Morgan fingerprint density at radius 1 is 1.03 bits per heavy atom. The lowest BCUT2D eigenvalue weighted by Crippen LogP contribution is -2.34. The summed E-state index contributed by atoms with van der Waals surface area (Å²) in [6.45, 7) is 7.70. The second kappa shape index (κ2) is 11.6. The summed E-state index contributed by atoms with van der Waals surface area (Å²) in [6, 6.07) is 16.9. The molecule has 0 N–H and O–H groups in total. The highest BCUT2D eigenvalue weighted by Crippen LogP contribution is 2.29. The summed E-state index contributed by atoms with van der Waals surface area (Å²) in [5.41, 5.74) is 0.508. The molecule has 0 aliphatic heterocycles. The molecular weight excluding hydrogens is 368 g/mol. The maximum Gasteiger partial charge on any atom is 0.254 e. The van der Waals surface area contributed by atoms with E-state index in [0.717, 1.165) is 5.75 Å². The third-order valence-corrected chi connectivity index (χ3v) is 4.23. The molecule has 0 aliphatic rings. The molecule has 0 saturated carbocycles. The molecular formula is C23H28N2O4. The van der Waals surface area contributed by atoms with Gasteiger partial charge in [0.2, 0.25) is 0 Å². The van der Waals surface area contributed by atoms with Crippen molar-refractivity contribution in [2.75, 3.05) is 32.9 Å². The van der Waals surface area contributed by atoms with Crippen LogP contribution in [0, 0.1) is 17.2 Å². The number of rotatable bonds is 11. The van der Waals surface area contributed by atoms with E-state index in [4.69, 9.17) is 19.5 Å². The summed E-state index contributed by atoms with van der Waals surface area (Å²) < 4.78 is 17.1. The normalized spacial score (nSPS) is 11.2. The summed E-state index contributed by atoms with van der Waals surface area (Å²) in [7, 11) is 0. The molecule has 2 rings (SSSR count). The van der Waals surface area contributed by atoms with E-state index in [9.17, 15) is 4.79 Å². The number of ether oxygens (including phenoxy) is 3. The van der Waals surface area contributed by atoms with Gasteiger partial charge in [-0.1, -0.05) is 18.2 Å². The van der Waals surface area contributed by atoms with Gasteiger partial charge in [-0.2, -0.15) is 5.26 Å². The van der Waals surface area contributed by atoms with Crippen molar-refractivity contribution in [2.45, 2.75) is 20.8 Å². The number of para-hydroxylation sites is 1. The van der Waals surface area contributed by atoms with Crippen LogP contribution in [0.25, 0.3) is 0 Å². The van der Waals surface area contributed by atoms with E-state index < -0.39 is 0 Å². The van der Waals surface area contributed by atoms with Crippen molar-refractivity contribution in [1.29, 1.82) is 5.26 Å². The van der Waals surface area contributed by atoms with Crippen molar-refractivity contribution in [3.8, 4) is 23.3 Å². The van der Waals surface area contributed by atoms with Gasteiger partial charge in [0.15, 0.2) is 11.5 Å². The average Bonchev–Trinajstić information content (AvgIpc) is 2.76. The van der Waals surface area contributed by atoms with Crippen LogP contribution in [-0.2, 0) is 0 Å². The Morgan fingerprint density at radius 2 is 1.76 bits per heavy atom. The number of hydrogen-bond donors (Lipinski definition) is 0. The molecule has 0 aromatic heterocycles. The van der Waals surface area contributed by atoms with Crippen LogP contribution in [0.15, 0.2) is 48.5 Å². The first-order chi connectivity index (χ1) is 14.1. The zero-order valence-corrected chi connectivity index (χ0v) is 17.3. The number of carbonyl (C=O) groups is 1. The van der Waals surface area contributed by atoms with Crippen molar-refractivity contribution < 1.29 is 19.0 Å². The molecule has 2 aromatic carbocycles. The molecule has 2 aromatic rings. The first kappa shape index (κ1) is 22.1. The molecule has 0 bridgehead atoms. The highest BCUT2D eigenvalue weighted by molar-refractivity contribution is 5.95. The minimum absolute atomic E-state index is 0.130. The minimum Gasteiger partial charge on any atom is -0.490 e. The minimum atomic E-state index is -0.225. The van der Waals surface area contributed by atoms with Gasteiger partial charge in [-0.05, 0) is 51.1 Å². The van der Waals surface area contributed by atoms with Gasteiger partial charge in [0.1, 0.15) is 19.0 Å². The van der Waals surface area contributed by atoms with Crippen LogP contribution in [0.3, 0.4) is 0 Å². The molecule has 154 valence electrons. The third kappa shape index (κ3) is 6.72.